The van der Waals surface area contributed by atoms with Gasteiger partial charge >= 0.3 is 0 Å². The van der Waals surface area contributed by atoms with Crippen molar-refractivity contribution >= 4 is 28.4 Å². The summed E-state index contributed by atoms with van der Waals surface area (Å²) in [5, 5.41) is 4.07. The number of nitrogens with zero attached hydrogens (tertiary/aromatic N) is 1. The third-order valence-electron chi connectivity index (χ3n) is 6.17. The van der Waals surface area contributed by atoms with Crippen LogP contribution in [0.3, 0.4) is 0 Å². The van der Waals surface area contributed by atoms with E-state index < -0.39 is 0 Å². The van der Waals surface area contributed by atoms with Crippen molar-refractivity contribution in [2.24, 2.45) is 5.92 Å². The minimum absolute atomic E-state index is 0.0590. The molecule has 1 saturated heterocycles. The molecule has 2 N–H and O–H groups in total. The Morgan fingerprint density at radius 3 is 2.53 bits per heavy atom. The normalized spacial score (nSPS) is 14.8. The Labute approximate surface area is 177 Å². The predicted octanol–water partition coefficient (Wildman–Crippen LogP) is 5.06. The van der Waals surface area contributed by atoms with E-state index in [4.69, 9.17) is 0 Å². The molecule has 0 bridgehead atoms. The molecule has 0 saturated carbocycles. The predicted molar refractivity (Wildman–Crippen MR) is 121 cm³/mol. The summed E-state index contributed by atoms with van der Waals surface area (Å²) in [7, 11) is 0. The van der Waals surface area contributed by atoms with Crippen LogP contribution in [0, 0.1) is 19.8 Å². The summed E-state index contributed by atoms with van der Waals surface area (Å²) in [5.74, 6) is 0.632. The summed E-state index contributed by atoms with van der Waals surface area (Å²) in [4.78, 5) is 30.5. The van der Waals surface area contributed by atoms with Gasteiger partial charge in [-0.05, 0) is 68.9 Å². The molecule has 1 aliphatic rings. The summed E-state index contributed by atoms with van der Waals surface area (Å²) in [5.41, 5.74) is 4.78. The van der Waals surface area contributed by atoms with E-state index in [9.17, 15) is 9.59 Å². The lowest BCUT2D eigenvalue weighted by Gasteiger charge is -2.32. The van der Waals surface area contributed by atoms with E-state index in [1.54, 1.807) is 0 Å². The van der Waals surface area contributed by atoms with Crippen molar-refractivity contribution in [1.29, 1.82) is 0 Å². The van der Waals surface area contributed by atoms with Crippen LogP contribution in [-0.2, 0) is 4.79 Å². The van der Waals surface area contributed by atoms with Crippen LogP contribution < -0.4 is 5.32 Å². The fraction of sp³-hybridized carbons (Fsp3) is 0.360. The van der Waals surface area contributed by atoms with Crippen molar-refractivity contribution in [2.45, 2.75) is 39.5 Å². The molecule has 0 radical (unpaired) electrons. The monoisotopic (exact) mass is 403 g/mol. The zero-order valence-electron chi connectivity index (χ0n) is 17.7. The molecule has 156 valence electrons. The molecule has 0 aliphatic carbocycles. The number of H-pyrrole nitrogens is 1. The van der Waals surface area contributed by atoms with Crippen LogP contribution >= 0.6 is 0 Å². The van der Waals surface area contributed by atoms with Gasteiger partial charge in [0.05, 0.1) is 0 Å². The third kappa shape index (κ3) is 4.40. The minimum atomic E-state index is 0.0590. The van der Waals surface area contributed by atoms with Crippen LogP contribution in [-0.4, -0.2) is 34.8 Å². The number of fused-ring (bicyclic) bond motifs is 1. The molecule has 1 aromatic heterocycles. The number of para-hydroxylation sites is 1. The molecule has 30 heavy (non-hydrogen) atoms. The van der Waals surface area contributed by atoms with Gasteiger partial charge in [0, 0.05) is 36.1 Å². The van der Waals surface area contributed by atoms with Gasteiger partial charge in [-0.15, -0.1) is 0 Å². The van der Waals surface area contributed by atoms with E-state index in [0.717, 1.165) is 54.5 Å². The fourth-order valence-corrected chi connectivity index (χ4v) is 4.32. The standard InChI is InChI=1S/C25H29N3O2/c1-17-8-10-22-21(16-17)18(2)24(27-22)25(30)28-14-12-19(13-15-28)9-11-23(29)26-20-6-4-3-5-7-20/h3-8,10,16,19,27H,9,11-15H2,1-2H3,(H,26,29). The molecule has 3 aromatic rings. The molecular weight excluding hydrogens is 374 g/mol. The van der Waals surface area contributed by atoms with Gasteiger partial charge in [0.2, 0.25) is 5.91 Å². The number of hydrogen-bond donors (Lipinski definition) is 2. The highest BCUT2D eigenvalue weighted by Crippen LogP contribution is 2.27. The summed E-state index contributed by atoms with van der Waals surface area (Å²) in [6.45, 7) is 5.58. The van der Waals surface area contributed by atoms with Crippen LogP contribution in [0.2, 0.25) is 0 Å². The molecule has 2 heterocycles. The first kappa shape index (κ1) is 20.2. The summed E-state index contributed by atoms with van der Waals surface area (Å²) in [6.07, 6.45) is 3.28. The second-order valence-corrected chi connectivity index (χ2v) is 8.36. The largest absolute Gasteiger partial charge is 0.350 e. The third-order valence-corrected chi connectivity index (χ3v) is 6.17. The van der Waals surface area contributed by atoms with Gasteiger partial charge in [0.25, 0.3) is 5.91 Å². The van der Waals surface area contributed by atoms with Crippen LogP contribution in [0.1, 0.15) is 47.3 Å². The number of piperidine rings is 1. The van der Waals surface area contributed by atoms with Crippen molar-refractivity contribution in [3.05, 3.63) is 65.4 Å². The zero-order valence-corrected chi connectivity index (χ0v) is 17.7. The van der Waals surface area contributed by atoms with Crippen LogP contribution in [0.4, 0.5) is 5.69 Å². The zero-order chi connectivity index (χ0) is 21.1. The number of amides is 2. The molecule has 1 fully saturated rings. The van der Waals surface area contributed by atoms with Crippen molar-refractivity contribution in [2.75, 3.05) is 18.4 Å². The lowest BCUT2D eigenvalue weighted by molar-refractivity contribution is -0.116. The Kier molecular flexibility index (Phi) is 5.88. The second-order valence-electron chi connectivity index (χ2n) is 8.36. The molecule has 0 spiro atoms. The SMILES string of the molecule is Cc1ccc2[nH]c(C(=O)N3CCC(CCC(=O)Nc4ccccc4)CC3)c(C)c2c1. The van der Waals surface area contributed by atoms with Gasteiger partial charge in [-0.1, -0.05) is 29.8 Å². The number of benzene rings is 2. The molecule has 5 nitrogen and oxygen atoms in total. The highest BCUT2D eigenvalue weighted by Gasteiger charge is 2.26. The van der Waals surface area contributed by atoms with Crippen molar-refractivity contribution < 1.29 is 9.59 Å². The molecule has 1 aliphatic heterocycles. The molecular formula is C25H29N3O2. The van der Waals surface area contributed by atoms with Gasteiger partial charge in [-0.2, -0.15) is 0 Å². The Balaban J connectivity index is 1.29. The maximum absolute atomic E-state index is 13.1. The van der Waals surface area contributed by atoms with Crippen LogP contribution in [0.15, 0.2) is 48.5 Å². The van der Waals surface area contributed by atoms with Gasteiger partial charge < -0.3 is 15.2 Å². The number of carbonyl (C=O) groups is 2. The number of aromatic nitrogens is 1. The molecule has 0 unspecified atom stereocenters. The molecule has 2 aromatic carbocycles. The highest BCUT2D eigenvalue weighted by molar-refractivity contribution is 6.01. The number of anilines is 1. The van der Waals surface area contributed by atoms with E-state index in [1.807, 2.05) is 48.2 Å². The molecule has 2 amide bonds. The highest BCUT2D eigenvalue weighted by atomic mass is 16.2. The first-order chi connectivity index (χ1) is 14.5. The summed E-state index contributed by atoms with van der Waals surface area (Å²) in [6, 6.07) is 15.8. The van der Waals surface area contributed by atoms with Crippen molar-refractivity contribution in [3.63, 3.8) is 0 Å². The van der Waals surface area contributed by atoms with Gasteiger partial charge in [0.15, 0.2) is 0 Å². The molecule has 4 rings (SSSR count). The number of likely N-dealkylation sites (tertiary alicyclic amines) is 1. The minimum Gasteiger partial charge on any atom is -0.350 e. The topological polar surface area (TPSA) is 65.2 Å². The van der Waals surface area contributed by atoms with E-state index in [-0.39, 0.29) is 11.8 Å². The lowest BCUT2D eigenvalue weighted by atomic mass is 9.92. The number of rotatable bonds is 5. The van der Waals surface area contributed by atoms with Crippen molar-refractivity contribution in [3.8, 4) is 0 Å². The number of nitrogens with one attached hydrogen (secondary N) is 2. The first-order valence-corrected chi connectivity index (χ1v) is 10.7. The fourth-order valence-electron chi connectivity index (χ4n) is 4.32. The van der Waals surface area contributed by atoms with Crippen LogP contribution in [0.25, 0.3) is 10.9 Å². The average molecular weight is 404 g/mol. The van der Waals surface area contributed by atoms with Gasteiger partial charge in [-0.3, -0.25) is 9.59 Å². The first-order valence-electron chi connectivity index (χ1n) is 10.7. The van der Waals surface area contributed by atoms with E-state index >= 15 is 0 Å². The van der Waals surface area contributed by atoms with E-state index in [1.165, 1.54) is 5.56 Å². The van der Waals surface area contributed by atoms with Crippen molar-refractivity contribution in [1.82, 2.24) is 9.88 Å². The number of aromatic amines is 1. The average Bonchev–Trinajstić information content (AvgIpc) is 3.09. The smallest absolute Gasteiger partial charge is 0.270 e. The molecule has 0 atom stereocenters. The maximum Gasteiger partial charge on any atom is 0.270 e. The second kappa shape index (κ2) is 8.74. The summed E-state index contributed by atoms with van der Waals surface area (Å²) >= 11 is 0. The maximum atomic E-state index is 13.1. The number of carbonyl (C=O) groups excluding carboxylic acids is 2. The number of hydrogen-bond acceptors (Lipinski definition) is 2. The quantitative estimate of drug-likeness (QED) is 0.626. The Hall–Kier alpha value is -3.08. The Morgan fingerprint density at radius 1 is 1.07 bits per heavy atom. The number of aryl methyl sites for hydroxylation is 2. The van der Waals surface area contributed by atoms with E-state index in [0.29, 0.717) is 18.0 Å². The van der Waals surface area contributed by atoms with Crippen LogP contribution in [0.5, 0.6) is 0 Å². The van der Waals surface area contributed by atoms with Gasteiger partial charge in [0.1, 0.15) is 5.69 Å². The molecule has 5 heteroatoms. The van der Waals surface area contributed by atoms with E-state index in [2.05, 4.69) is 29.4 Å². The Bertz CT molecular complexity index is 1050. The summed E-state index contributed by atoms with van der Waals surface area (Å²) < 4.78 is 0. The lowest BCUT2D eigenvalue weighted by Crippen LogP contribution is -2.39. The van der Waals surface area contributed by atoms with Gasteiger partial charge in [-0.25, -0.2) is 0 Å². The Morgan fingerprint density at radius 2 is 1.80 bits per heavy atom.